The lowest BCUT2D eigenvalue weighted by Crippen LogP contribution is -2.03. The van der Waals surface area contributed by atoms with Crippen molar-refractivity contribution in [3.63, 3.8) is 0 Å². The Labute approximate surface area is 151 Å². The van der Waals surface area contributed by atoms with E-state index in [0.717, 1.165) is 22.3 Å². The Morgan fingerprint density at radius 2 is 1.04 bits per heavy atom. The van der Waals surface area contributed by atoms with Crippen molar-refractivity contribution in [3.8, 4) is 22.3 Å². The molecule has 0 unspecified atom stereocenters. The molecular formula is C22H18O4. The summed E-state index contributed by atoms with van der Waals surface area (Å²) in [7, 11) is 0. The first-order chi connectivity index (χ1) is 12.6. The first-order valence-electron chi connectivity index (χ1n) is 8.30. The fourth-order valence-corrected chi connectivity index (χ4v) is 2.67. The smallest absolute Gasteiger partial charge is 0.338 e. The molecule has 0 aliphatic heterocycles. The van der Waals surface area contributed by atoms with Crippen molar-refractivity contribution in [1.29, 1.82) is 0 Å². The van der Waals surface area contributed by atoms with E-state index in [2.05, 4.69) is 0 Å². The average molecular weight is 346 g/mol. The minimum atomic E-state index is -0.932. The largest absolute Gasteiger partial charge is 0.478 e. The Kier molecular flexibility index (Phi) is 5.13. The molecule has 0 heterocycles. The number of carbonyl (C=O) groups excluding carboxylic acids is 1. The zero-order valence-electron chi connectivity index (χ0n) is 14.3. The molecule has 0 aliphatic carbocycles. The van der Waals surface area contributed by atoms with Crippen LogP contribution < -0.4 is 0 Å². The zero-order chi connectivity index (χ0) is 18.5. The Hall–Kier alpha value is -3.40. The van der Waals surface area contributed by atoms with Crippen LogP contribution in [0.15, 0.2) is 72.8 Å². The lowest BCUT2D eigenvalue weighted by molar-refractivity contribution is 0.0526. The van der Waals surface area contributed by atoms with Crippen LogP contribution in [-0.4, -0.2) is 23.7 Å². The SMILES string of the molecule is CCOC(=O)c1ccc(-c2ccc(-c3ccc(C(=O)O)cc3)cc2)cc1. The molecule has 0 bridgehead atoms. The first kappa shape index (κ1) is 17.4. The van der Waals surface area contributed by atoms with Gasteiger partial charge in [0.1, 0.15) is 0 Å². The number of ether oxygens (including phenoxy) is 1. The van der Waals surface area contributed by atoms with Crippen LogP contribution in [0, 0.1) is 0 Å². The van der Waals surface area contributed by atoms with E-state index in [1.165, 1.54) is 0 Å². The summed E-state index contributed by atoms with van der Waals surface area (Å²) in [4.78, 5) is 22.6. The molecule has 0 aromatic heterocycles. The maximum absolute atomic E-state index is 11.7. The molecule has 0 spiro atoms. The number of carboxylic acids is 1. The average Bonchev–Trinajstić information content (AvgIpc) is 2.68. The third-order valence-electron chi connectivity index (χ3n) is 4.08. The molecule has 0 amide bonds. The number of aromatic carboxylic acids is 1. The number of rotatable bonds is 5. The molecule has 0 fully saturated rings. The predicted molar refractivity (Wildman–Crippen MR) is 100 cm³/mol. The molecule has 4 nitrogen and oxygen atoms in total. The van der Waals surface area contributed by atoms with E-state index < -0.39 is 5.97 Å². The van der Waals surface area contributed by atoms with Gasteiger partial charge in [0.05, 0.1) is 17.7 Å². The highest BCUT2D eigenvalue weighted by Gasteiger charge is 2.07. The van der Waals surface area contributed by atoms with E-state index in [4.69, 9.17) is 9.84 Å². The highest BCUT2D eigenvalue weighted by atomic mass is 16.5. The highest BCUT2D eigenvalue weighted by molar-refractivity contribution is 5.90. The highest BCUT2D eigenvalue weighted by Crippen LogP contribution is 2.25. The van der Waals surface area contributed by atoms with Crippen LogP contribution in [-0.2, 0) is 4.74 Å². The van der Waals surface area contributed by atoms with Crippen LogP contribution in [0.1, 0.15) is 27.6 Å². The quantitative estimate of drug-likeness (QED) is 0.668. The van der Waals surface area contributed by atoms with Crippen molar-refractivity contribution in [3.05, 3.63) is 83.9 Å². The zero-order valence-corrected chi connectivity index (χ0v) is 14.3. The molecule has 4 heteroatoms. The van der Waals surface area contributed by atoms with Gasteiger partial charge in [-0.2, -0.15) is 0 Å². The van der Waals surface area contributed by atoms with Gasteiger partial charge in [0, 0.05) is 0 Å². The van der Waals surface area contributed by atoms with Gasteiger partial charge in [-0.1, -0.05) is 48.5 Å². The third kappa shape index (κ3) is 3.81. The summed E-state index contributed by atoms with van der Waals surface area (Å²) in [6, 6.07) is 22.1. The molecule has 0 saturated carbocycles. The molecule has 3 rings (SSSR count). The Morgan fingerprint density at radius 1 is 0.692 bits per heavy atom. The standard InChI is InChI=1S/C22H18O4/c1-2-26-22(25)20-13-9-18(10-14-20)16-5-3-15(4-6-16)17-7-11-19(12-8-17)21(23)24/h3-14H,2H2,1H3,(H,23,24). The molecule has 0 saturated heterocycles. The van der Waals surface area contributed by atoms with Crippen LogP contribution in [0.2, 0.25) is 0 Å². The van der Waals surface area contributed by atoms with Crippen LogP contribution in [0.3, 0.4) is 0 Å². The second-order valence-corrected chi connectivity index (χ2v) is 5.76. The van der Waals surface area contributed by atoms with Gasteiger partial charge in [-0.15, -0.1) is 0 Å². The number of carboxylic acid groups (broad SMARTS) is 1. The summed E-state index contributed by atoms with van der Waals surface area (Å²) in [5.74, 6) is -1.25. The Morgan fingerprint density at radius 3 is 1.38 bits per heavy atom. The molecule has 130 valence electrons. The molecule has 0 radical (unpaired) electrons. The number of benzene rings is 3. The Bertz CT molecular complexity index is 908. The number of hydrogen-bond acceptors (Lipinski definition) is 3. The van der Waals surface area contributed by atoms with Crippen molar-refractivity contribution in [2.75, 3.05) is 6.61 Å². The van der Waals surface area contributed by atoms with E-state index >= 15 is 0 Å². The monoisotopic (exact) mass is 346 g/mol. The van der Waals surface area contributed by atoms with Crippen molar-refractivity contribution >= 4 is 11.9 Å². The van der Waals surface area contributed by atoms with Crippen molar-refractivity contribution in [1.82, 2.24) is 0 Å². The topological polar surface area (TPSA) is 63.6 Å². The summed E-state index contributed by atoms with van der Waals surface area (Å²) in [6.45, 7) is 2.14. The minimum absolute atomic E-state index is 0.270. The van der Waals surface area contributed by atoms with Gasteiger partial charge < -0.3 is 9.84 Å². The molecular weight excluding hydrogens is 328 g/mol. The fraction of sp³-hybridized carbons (Fsp3) is 0.0909. The molecule has 3 aromatic carbocycles. The first-order valence-corrected chi connectivity index (χ1v) is 8.30. The third-order valence-corrected chi connectivity index (χ3v) is 4.08. The number of esters is 1. The van der Waals surface area contributed by atoms with Crippen LogP contribution in [0.4, 0.5) is 0 Å². The summed E-state index contributed by atoms with van der Waals surface area (Å²) in [6.07, 6.45) is 0. The summed E-state index contributed by atoms with van der Waals surface area (Å²) >= 11 is 0. The second kappa shape index (κ2) is 7.66. The van der Waals surface area contributed by atoms with Gasteiger partial charge in [-0.3, -0.25) is 0 Å². The van der Waals surface area contributed by atoms with Crippen molar-refractivity contribution in [2.45, 2.75) is 6.92 Å². The van der Waals surface area contributed by atoms with Gasteiger partial charge >= 0.3 is 11.9 Å². The second-order valence-electron chi connectivity index (χ2n) is 5.76. The van der Waals surface area contributed by atoms with E-state index in [9.17, 15) is 9.59 Å². The Balaban J connectivity index is 1.79. The molecule has 26 heavy (non-hydrogen) atoms. The van der Waals surface area contributed by atoms with Gasteiger partial charge in [-0.05, 0) is 53.4 Å². The summed E-state index contributed by atoms with van der Waals surface area (Å²) in [5.41, 5.74) is 4.81. The molecule has 0 atom stereocenters. The van der Waals surface area contributed by atoms with Gasteiger partial charge in [0.25, 0.3) is 0 Å². The predicted octanol–water partition coefficient (Wildman–Crippen LogP) is 4.90. The van der Waals surface area contributed by atoms with Gasteiger partial charge in [0.15, 0.2) is 0 Å². The van der Waals surface area contributed by atoms with Crippen molar-refractivity contribution < 1.29 is 19.4 Å². The normalized spacial score (nSPS) is 10.3. The number of hydrogen-bond donors (Lipinski definition) is 1. The van der Waals surface area contributed by atoms with E-state index in [1.807, 2.05) is 36.4 Å². The summed E-state index contributed by atoms with van der Waals surface area (Å²) in [5, 5.41) is 8.96. The van der Waals surface area contributed by atoms with Crippen LogP contribution >= 0.6 is 0 Å². The number of carbonyl (C=O) groups is 2. The minimum Gasteiger partial charge on any atom is -0.478 e. The van der Waals surface area contributed by atoms with Crippen LogP contribution in [0.5, 0.6) is 0 Å². The van der Waals surface area contributed by atoms with Gasteiger partial charge in [0.2, 0.25) is 0 Å². The van der Waals surface area contributed by atoms with Crippen molar-refractivity contribution in [2.24, 2.45) is 0 Å². The van der Waals surface area contributed by atoms with E-state index in [0.29, 0.717) is 12.2 Å². The van der Waals surface area contributed by atoms with Gasteiger partial charge in [-0.25, -0.2) is 9.59 Å². The molecule has 3 aromatic rings. The maximum atomic E-state index is 11.7. The molecule has 0 aliphatic rings. The summed E-state index contributed by atoms with van der Waals surface area (Å²) < 4.78 is 4.99. The van der Waals surface area contributed by atoms with Crippen LogP contribution in [0.25, 0.3) is 22.3 Å². The maximum Gasteiger partial charge on any atom is 0.338 e. The van der Waals surface area contributed by atoms with E-state index in [1.54, 1.807) is 43.3 Å². The lowest BCUT2D eigenvalue weighted by Gasteiger charge is -2.07. The fourth-order valence-electron chi connectivity index (χ4n) is 2.67. The molecule has 1 N–H and O–H groups in total. The van der Waals surface area contributed by atoms with E-state index in [-0.39, 0.29) is 11.5 Å². The lowest BCUT2D eigenvalue weighted by atomic mass is 9.99.